The fraction of sp³-hybridized carbons (Fsp3) is 0.195. The summed E-state index contributed by atoms with van der Waals surface area (Å²) in [5.41, 5.74) is 7.08. The summed E-state index contributed by atoms with van der Waals surface area (Å²) in [6.07, 6.45) is 1.29. The topological polar surface area (TPSA) is 152 Å². The van der Waals surface area contributed by atoms with Gasteiger partial charge in [-0.3, -0.25) is 9.59 Å². The molecule has 0 aliphatic carbocycles. The van der Waals surface area contributed by atoms with Gasteiger partial charge in [0.25, 0.3) is 5.91 Å². The van der Waals surface area contributed by atoms with Crippen molar-refractivity contribution in [3.05, 3.63) is 141 Å². The number of nitriles is 1. The maximum atomic E-state index is 13.5. The third-order valence-corrected chi connectivity index (χ3v) is 9.99. The Morgan fingerprint density at radius 3 is 2.39 bits per heavy atom. The van der Waals surface area contributed by atoms with Crippen molar-refractivity contribution in [1.82, 2.24) is 15.6 Å². The van der Waals surface area contributed by atoms with Crippen molar-refractivity contribution in [2.75, 3.05) is 12.4 Å². The fourth-order valence-corrected chi connectivity index (χ4v) is 6.68. The highest BCUT2D eigenvalue weighted by Crippen LogP contribution is 2.38. The smallest absolute Gasteiger partial charge is 0.328 e. The third kappa shape index (κ3) is 8.16. The van der Waals surface area contributed by atoms with Crippen LogP contribution in [0.4, 0.5) is 5.69 Å². The Balaban J connectivity index is 0.969. The molecular weight excluding hydrogens is 729 g/mol. The molecule has 3 atom stereocenters. The lowest BCUT2D eigenvalue weighted by Gasteiger charge is -2.31. The molecule has 7 rings (SSSR count). The minimum atomic E-state index is -0.903. The second-order valence-corrected chi connectivity index (χ2v) is 13.7. The minimum absolute atomic E-state index is 0.226. The van der Waals surface area contributed by atoms with Crippen LogP contribution in [0.25, 0.3) is 11.1 Å². The van der Waals surface area contributed by atoms with E-state index >= 15 is 0 Å². The van der Waals surface area contributed by atoms with E-state index in [-0.39, 0.29) is 30.0 Å². The van der Waals surface area contributed by atoms with Crippen molar-refractivity contribution >= 4 is 46.7 Å². The molecule has 0 radical (unpaired) electrons. The number of methoxy groups -OCH3 is 1. The predicted octanol–water partition coefficient (Wildman–Crippen LogP) is 6.49. The number of anilines is 1. The zero-order valence-electron chi connectivity index (χ0n) is 28.9. The first kappa shape index (κ1) is 36.4. The van der Waals surface area contributed by atoms with Crippen molar-refractivity contribution < 1.29 is 28.6 Å². The van der Waals surface area contributed by atoms with E-state index in [0.29, 0.717) is 46.3 Å². The number of rotatable bonds is 10. The van der Waals surface area contributed by atoms with Crippen LogP contribution in [-0.2, 0) is 45.1 Å². The van der Waals surface area contributed by atoms with E-state index in [4.69, 9.17) is 42.7 Å². The number of ether oxygens (including phenoxy) is 3. The van der Waals surface area contributed by atoms with E-state index in [2.05, 4.69) is 27.0 Å². The average Bonchev–Trinajstić information content (AvgIpc) is 3.20. The van der Waals surface area contributed by atoms with Crippen LogP contribution >= 0.6 is 23.2 Å². The van der Waals surface area contributed by atoms with Crippen LogP contribution in [0.15, 0.2) is 97.2 Å². The van der Waals surface area contributed by atoms with E-state index in [1.165, 1.54) is 7.11 Å². The minimum Gasteiger partial charge on any atom is -0.489 e. The Morgan fingerprint density at radius 2 is 1.70 bits per heavy atom. The molecule has 3 heterocycles. The monoisotopic (exact) mass is 761 g/mol. The standard InChI is InChI=1S/C41H33Cl2N5O6/c1-52-41(51)35(15-23-2-6-26(7-3-23)27-8-4-24(19-44)5-9-27)48-39(49)34-17-29-16-33-36(18-30(29)21-45-34)54-37(40(50)47-33)28-10-12-31(13-11-28)53-22-25-14-32(42)38(43)46-20-25/h2-14,16,18,20,34-35,37,45H,15,17,21-22H2,1H3,(H,47,50)(H,48,49)/t34?,35-,37-/m0/s1. The number of aromatic nitrogens is 1. The molecule has 1 unspecified atom stereocenters. The number of carbonyl (C=O) groups is 3. The Bertz CT molecular complexity index is 2260. The first-order chi connectivity index (χ1) is 26.2. The molecule has 0 spiro atoms. The number of carbonyl (C=O) groups excluding carboxylic acids is 3. The van der Waals surface area contributed by atoms with Crippen molar-refractivity contribution in [3.8, 4) is 28.7 Å². The van der Waals surface area contributed by atoms with E-state index < -0.39 is 24.2 Å². The summed E-state index contributed by atoms with van der Waals surface area (Å²) in [4.78, 5) is 43.5. The van der Waals surface area contributed by atoms with Crippen LogP contribution in [0.1, 0.15) is 39.5 Å². The molecule has 0 saturated carbocycles. The molecule has 13 heteroatoms. The lowest BCUT2D eigenvalue weighted by Crippen LogP contribution is -2.53. The van der Waals surface area contributed by atoms with Crippen LogP contribution in [0.3, 0.4) is 0 Å². The number of hydrogen-bond donors (Lipinski definition) is 3. The van der Waals surface area contributed by atoms with Crippen molar-refractivity contribution in [2.24, 2.45) is 0 Å². The molecule has 54 heavy (non-hydrogen) atoms. The highest BCUT2D eigenvalue weighted by atomic mass is 35.5. The van der Waals surface area contributed by atoms with Gasteiger partial charge >= 0.3 is 5.97 Å². The number of hydrogen-bond acceptors (Lipinski definition) is 9. The number of benzene rings is 4. The first-order valence-corrected chi connectivity index (χ1v) is 17.8. The lowest BCUT2D eigenvalue weighted by molar-refractivity contribution is -0.145. The molecule has 4 aromatic carbocycles. The third-order valence-electron chi connectivity index (χ3n) is 9.31. The maximum Gasteiger partial charge on any atom is 0.328 e. The molecule has 3 N–H and O–H groups in total. The fourth-order valence-electron chi connectivity index (χ4n) is 6.38. The Morgan fingerprint density at radius 1 is 0.981 bits per heavy atom. The molecule has 2 aliphatic rings. The van der Waals surface area contributed by atoms with Gasteiger partial charge in [0.2, 0.25) is 12.0 Å². The summed E-state index contributed by atoms with van der Waals surface area (Å²) < 4.78 is 17.1. The molecule has 2 amide bonds. The van der Waals surface area contributed by atoms with Crippen molar-refractivity contribution in [2.45, 2.75) is 44.2 Å². The summed E-state index contributed by atoms with van der Waals surface area (Å²) in [5, 5.41) is 18.7. The number of amides is 2. The molecule has 272 valence electrons. The Kier molecular flexibility index (Phi) is 10.8. The molecule has 0 saturated heterocycles. The lowest BCUT2D eigenvalue weighted by atomic mass is 9.93. The van der Waals surface area contributed by atoms with Gasteiger partial charge in [-0.1, -0.05) is 71.7 Å². The van der Waals surface area contributed by atoms with Gasteiger partial charge in [-0.05, 0) is 76.7 Å². The largest absolute Gasteiger partial charge is 0.489 e. The predicted molar refractivity (Wildman–Crippen MR) is 202 cm³/mol. The molecule has 2 aliphatic heterocycles. The number of halogens is 2. The average molecular weight is 763 g/mol. The second-order valence-electron chi connectivity index (χ2n) is 12.9. The van der Waals surface area contributed by atoms with Crippen molar-refractivity contribution in [3.63, 3.8) is 0 Å². The summed E-state index contributed by atoms with van der Waals surface area (Å²) in [6, 6.07) is 28.0. The van der Waals surface area contributed by atoms with Crippen LogP contribution in [0.5, 0.6) is 11.5 Å². The summed E-state index contributed by atoms with van der Waals surface area (Å²) in [7, 11) is 1.29. The van der Waals surface area contributed by atoms with E-state index in [1.54, 1.807) is 48.7 Å². The van der Waals surface area contributed by atoms with Crippen LogP contribution in [0, 0.1) is 11.3 Å². The molecule has 11 nitrogen and oxygen atoms in total. The Labute approximate surface area is 321 Å². The number of fused-ring (bicyclic) bond motifs is 2. The van der Waals surface area contributed by atoms with E-state index in [1.807, 2.05) is 48.5 Å². The molecule has 0 bridgehead atoms. The number of nitrogens with one attached hydrogen (secondary N) is 3. The zero-order valence-corrected chi connectivity index (χ0v) is 30.4. The first-order valence-electron chi connectivity index (χ1n) is 17.0. The molecule has 1 aromatic heterocycles. The molecule has 5 aromatic rings. The number of pyridine rings is 1. The van der Waals surface area contributed by atoms with Gasteiger partial charge < -0.3 is 30.2 Å². The van der Waals surface area contributed by atoms with E-state index in [9.17, 15) is 14.4 Å². The van der Waals surface area contributed by atoms with Crippen LogP contribution in [-0.4, -0.2) is 42.0 Å². The second kappa shape index (κ2) is 16.0. The van der Waals surface area contributed by atoms with Crippen LogP contribution in [0.2, 0.25) is 10.2 Å². The zero-order chi connectivity index (χ0) is 37.8. The normalized spacial score (nSPS) is 16.4. The van der Waals surface area contributed by atoms with E-state index in [0.717, 1.165) is 33.4 Å². The quantitative estimate of drug-likeness (QED) is 0.107. The Hall–Kier alpha value is -5.93. The number of esters is 1. The van der Waals surface area contributed by atoms with Gasteiger partial charge in [0.1, 0.15) is 29.3 Å². The summed E-state index contributed by atoms with van der Waals surface area (Å²) in [5.74, 6) is -0.113. The SMILES string of the molecule is COC(=O)[C@H](Cc1ccc(-c2ccc(C#N)cc2)cc1)NC(=O)C1Cc2cc3c(cc2CN1)O[C@@H](c1ccc(OCc2cnc(Cl)c(Cl)c2)cc1)C(=O)N3. The van der Waals surface area contributed by atoms with Gasteiger partial charge in [-0.15, -0.1) is 0 Å². The number of nitrogens with zero attached hydrogens (tertiary/aromatic N) is 2. The van der Waals surface area contributed by atoms with Crippen LogP contribution < -0.4 is 25.4 Å². The maximum absolute atomic E-state index is 13.5. The van der Waals surface area contributed by atoms with Gasteiger partial charge in [-0.2, -0.15) is 5.26 Å². The van der Waals surface area contributed by atoms with Gasteiger partial charge in [0.15, 0.2) is 0 Å². The van der Waals surface area contributed by atoms with Gasteiger partial charge in [0, 0.05) is 30.3 Å². The summed E-state index contributed by atoms with van der Waals surface area (Å²) >= 11 is 11.9. The van der Waals surface area contributed by atoms with Gasteiger partial charge in [0.05, 0.1) is 35.5 Å². The van der Waals surface area contributed by atoms with Crippen molar-refractivity contribution in [1.29, 1.82) is 5.26 Å². The van der Waals surface area contributed by atoms with Gasteiger partial charge in [-0.25, -0.2) is 9.78 Å². The molecule has 0 fully saturated rings. The highest BCUT2D eigenvalue weighted by molar-refractivity contribution is 6.41. The summed E-state index contributed by atoms with van der Waals surface area (Å²) in [6.45, 7) is 0.616. The highest BCUT2D eigenvalue weighted by Gasteiger charge is 2.33. The molecular formula is C41H33Cl2N5O6.